The molecular weight excluding hydrogens is 288 g/mol. The Kier molecular flexibility index (Phi) is 16.4. The number of carbonyl (C=O) groups excluding carboxylic acids is 1. The first-order valence-electron chi connectivity index (χ1n) is 7.49. The SMILES string of the molecule is C=CC(=O)OCCCCCCSSCCC/C=C\CC. The van der Waals surface area contributed by atoms with E-state index in [0.29, 0.717) is 6.61 Å². The van der Waals surface area contributed by atoms with Crippen molar-refractivity contribution in [1.82, 2.24) is 0 Å². The topological polar surface area (TPSA) is 26.3 Å². The van der Waals surface area contributed by atoms with Gasteiger partial charge in [0.2, 0.25) is 0 Å². The smallest absolute Gasteiger partial charge is 0.330 e. The summed E-state index contributed by atoms with van der Waals surface area (Å²) in [5.74, 6) is 2.16. The first kappa shape index (κ1) is 19.7. The van der Waals surface area contributed by atoms with Crippen LogP contribution in [-0.2, 0) is 9.53 Å². The highest BCUT2D eigenvalue weighted by Gasteiger charge is 1.96. The maximum atomic E-state index is 10.8. The summed E-state index contributed by atoms with van der Waals surface area (Å²) in [4.78, 5) is 10.8. The van der Waals surface area contributed by atoms with E-state index < -0.39 is 0 Å². The molecule has 0 radical (unpaired) electrons. The van der Waals surface area contributed by atoms with Crippen molar-refractivity contribution in [2.24, 2.45) is 0 Å². The molecule has 0 saturated carbocycles. The van der Waals surface area contributed by atoms with Crippen LogP contribution < -0.4 is 0 Å². The third kappa shape index (κ3) is 15.7. The second-order valence-corrected chi connectivity index (χ2v) is 7.15. The van der Waals surface area contributed by atoms with Crippen LogP contribution in [0.1, 0.15) is 51.9 Å². The van der Waals surface area contributed by atoms with Crippen molar-refractivity contribution in [3.8, 4) is 0 Å². The zero-order valence-corrected chi connectivity index (χ0v) is 14.3. The fourth-order valence-electron chi connectivity index (χ4n) is 1.51. The van der Waals surface area contributed by atoms with Gasteiger partial charge in [0, 0.05) is 17.6 Å². The van der Waals surface area contributed by atoms with E-state index in [1.54, 1.807) is 0 Å². The van der Waals surface area contributed by atoms with Crippen molar-refractivity contribution in [2.75, 3.05) is 18.1 Å². The lowest BCUT2D eigenvalue weighted by Gasteiger charge is -2.02. The van der Waals surface area contributed by atoms with Crippen LogP contribution in [0.25, 0.3) is 0 Å². The highest BCUT2D eigenvalue weighted by Crippen LogP contribution is 2.24. The highest BCUT2D eigenvalue weighted by molar-refractivity contribution is 8.76. The maximum absolute atomic E-state index is 10.8. The van der Waals surface area contributed by atoms with Crippen LogP contribution in [-0.4, -0.2) is 24.1 Å². The van der Waals surface area contributed by atoms with Crippen LogP contribution in [0.4, 0.5) is 0 Å². The Hall–Kier alpha value is -0.350. The normalized spacial score (nSPS) is 10.8. The van der Waals surface area contributed by atoms with Crippen LogP contribution in [0.2, 0.25) is 0 Å². The van der Waals surface area contributed by atoms with Gasteiger partial charge < -0.3 is 4.74 Å². The van der Waals surface area contributed by atoms with Gasteiger partial charge in [-0.3, -0.25) is 0 Å². The van der Waals surface area contributed by atoms with Gasteiger partial charge in [0.25, 0.3) is 0 Å². The first-order valence-corrected chi connectivity index (χ1v) is 9.98. The molecule has 20 heavy (non-hydrogen) atoms. The fourth-order valence-corrected chi connectivity index (χ4v) is 3.77. The van der Waals surface area contributed by atoms with E-state index in [2.05, 4.69) is 25.7 Å². The average Bonchev–Trinajstić information content (AvgIpc) is 2.47. The first-order chi connectivity index (χ1) is 9.81. The van der Waals surface area contributed by atoms with Crippen LogP contribution >= 0.6 is 21.6 Å². The van der Waals surface area contributed by atoms with Gasteiger partial charge in [0.15, 0.2) is 0 Å². The molecule has 4 heteroatoms. The summed E-state index contributed by atoms with van der Waals surface area (Å²) in [6.45, 7) is 6.06. The minimum Gasteiger partial charge on any atom is -0.463 e. The number of carbonyl (C=O) groups is 1. The number of hydrogen-bond donors (Lipinski definition) is 0. The Morgan fingerprint density at radius 3 is 2.45 bits per heavy atom. The highest BCUT2D eigenvalue weighted by atomic mass is 33.1. The summed E-state index contributed by atoms with van der Waals surface area (Å²) < 4.78 is 4.92. The second kappa shape index (κ2) is 16.7. The maximum Gasteiger partial charge on any atom is 0.330 e. The monoisotopic (exact) mass is 316 g/mol. The molecule has 0 fully saturated rings. The van der Waals surface area contributed by atoms with Gasteiger partial charge in [-0.1, -0.05) is 60.1 Å². The van der Waals surface area contributed by atoms with Gasteiger partial charge in [-0.25, -0.2) is 4.79 Å². The van der Waals surface area contributed by atoms with E-state index in [1.807, 2.05) is 21.6 Å². The number of ether oxygens (including phenoxy) is 1. The molecule has 2 nitrogen and oxygen atoms in total. The van der Waals surface area contributed by atoms with E-state index >= 15 is 0 Å². The van der Waals surface area contributed by atoms with Gasteiger partial charge >= 0.3 is 5.97 Å². The van der Waals surface area contributed by atoms with Gasteiger partial charge in [-0.05, 0) is 32.1 Å². The molecule has 116 valence electrons. The molecule has 0 aliphatic carbocycles. The summed E-state index contributed by atoms with van der Waals surface area (Å²) >= 11 is 0. The quantitative estimate of drug-likeness (QED) is 0.141. The molecule has 0 amide bonds. The fraction of sp³-hybridized carbons (Fsp3) is 0.688. The molecule has 0 bridgehead atoms. The zero-order chi connectivity index (χ0) is 14.9. The molecule has 0 aromatic rings. The zero-order valence-electron chi connectivity index (χ0n) is 12.6. The molecule has 0 aliphatic rings. The van der Waals surface area contributed by atoms with Crippen molar-refractivity contribution in [3.63, 3.8) is 0 Å². The van der Waals surface area contributed by atoms with Crippen LogP contribution in [0, 0.1) is 0 Å². The lowest BCUT2D eigenvalue weighted by molar-refractivity contribution is -0.137. The number of esters is 1. The summed E-state index contributed by atoms with van der Waals surface area (Å²) in [5, 5.41) is 0. The minimum absolute atomic E-state index is 0.314. The van der Waals surface area contributed by atoms with E-state index in [4.69, 9.17) is 4.74 Å². The summed E-state index contributed by atoms with van der Waals surface area (Å²) in [6, 6.07) is 0. The summed E-state index contributed by atoms with van der Waals surface area (Å²) in [5.41, 5.74) is 0. The van der Waals surface area contributed by atoms with E-state index in [-0.39, 0.29) is 5.97 Å². The predicted octanol–water partition coefficient (Wildman–Crippen LogP) is 5.40. The standard InChI is InChI=1S/C16H28O2S2/c1-3-5-6-8-11-14-19-20-15-12-9-7-10-13-18-16(17)4-2/h4-6H,2-3,7-15H2,1H3/b6-5-. The number of rotatable bonds is 14. The van der Waals surface area contributed by atoms with Crippen LogP contribution in [0.15, 0.2) is 24.8 Å². The minimum atomic E-state index is -0.314. The Morgan fingerprint density at radius 2 is 1.75 bits per heavy atom. The number of hydrogen-bond acceptors (Lipinski definition) is 4. The molecule has 0 unspecified atom stereocenters. The molecule has 0 aromatic heterocycles. The van der Waals surface area contributed by atoms with Gasteiger partial charge in [0.05, 0.1) is 6.61 Å². The van der Waals surface area contributed by atoms with E-state index in [0.717, 1.165) is 19.3 Å². The number of allylic oxidation sites excluding steroid dienone is 2. The van der Waals surface area contributed by atoms with E-state index in [1.165, 1.54) is 43.3 Å². The van der Waals surface area contributed by atoms with Crippen molar-refractivity contribution in [2.45, 2.75) is 51.9 Å². The summed E-state index contributed by atoms with van der Waals surface area (Å²) in [7, 11) is 3.97. The van der Waals surface area contributed by atoms with Crippen molar-refractivity contribution >= 4 is 27.6 Å². The molecule has 0 atom stereocenters. The van der Waals surface area contributed by atoms with Crippen LogP contribution in [0.5, 0.6) is 0 Å². The third-order valence-corrected chi connectivity index (χ3v) is 5.19. The Labute approximate surface area is 132 Å². The molecule has 0 spiro atoms. The molecule has 0 aliphatic heterocycles. The lowest BCUT2D eigenvalue weighted by Crippen LogP contribution is -2.01. The van der Waals surface area contributed by atoms with E-state index in [9.17, 15) is 4.79 Å². The molecule has 0 aromatic carbocycles. The Bertz CT molecular complexity index is 265. The van der Waals surface area contributed by atoms with Crippen molar-refractivity contribution in [1.29, 1.82) is 0 Å². The largest absolute Gasteiger partial charge is 0.463 e. The molecule has 0 heterocycles. The third-order valence-electron chi connectivity index (χ3n) is 2.62. The Balaban J connectivity index is 3.04. The molecule has 0 N–H and O–H groups in total. The average molecular weight is 317 g/mol. The molecular formula is C16H28O2S2. The van der Waals surface area contributed by atoms with Crippen molar-refractivity contribution < 1.29 is 9.53 Å². The van der Waals surface area contributed by atoms with Gasteiger partial charge in [0.1, 0.15) is 0 Å². The summed E-state index contributed by atoms with van der Waals surface area (Å²) in [6.07, 6.45) is 13.9. The lowest BCUT2D eigenvalue weighted by atomic mass is 10.2. The Morgan fingerprint density at radius 1 is 1.05 bits per heavy atom. The van der Waals surface area contributed by atoms with Gasteiger partial charge in [-0.2, -0.15) is 0 Å². The molecule has 0 saturated heterocycles. The molecule has 0 rings (SSSR count). The van der Waals surface area contributed by atoms with Gasteiger partial charge in [-0.15, -0.1) is 0 Å². The van der Waals surface area contributed by atoms with Crippen molar-refractivity contribution in [3.05, 3.63) is 24.8 Å². The predicted molar refractivity (Wildman–Crippen MR) is 93.2 cm³/mol. The second-order valence-electron chi connectivity index (χ2n) is 4.45. The van der Waals surface area contributed by atoms with Crippen LogP contribution in [0.3, 0.4) is 0 Å². The number of unbranched alkanes of at least 4 members (excludes halogenated alkanes) is 4.